The third kappa shape index (κ3) is 222. The Morgan fingerprint density at radius 3 is 0.429 bits per heavy atom. The molecular formula is H5CrCuO5. The Morgan fingerprint density at radius 2 is 0.429 bits per heavy atom. The molecule has 0 saturated heterocycles. The molecule has 0 aromatic rings. The van der Waals surface area contributed by atoms with Gasteiger partial charge in [-0.1, -0.05) is 0 Å². The van der Waals surface area contributed by atoms with Gasteiger partial charge in [0.05, 0.1) is 0 Å². The fraction of sp³-hybridized carbons (Fsp3) is 0. The van der Waals surface area contributed by atoms with E-state index in [1.807, 2.05) is 0 Å². The molecule has 0 bridgehead atoms. The summed E-state index contributed by atoms with van der Waals surface area (Å²) < 4.78 is 0. The van der Waals surface area contributed by atoms with Gasteiger partial charge in [-0.05, 0) is 0 Å². The van der Waals surface area contributed by atoms with Crippen LogP contribution in [0.25, 0.3) is 0 Å². The SMILES string of the molecule is [Cr+3].[Cu+2].[OH-].[OH-].[OH-].[OH-].[OH-]. The molecule has 0 aromatic carbocycles. The van der Waals surface area contributed by atoms with Crippen molar-refractivity contribution in [3.8, 4) is 0 Å². The number of rotatable bonds is 0. The maximum atomic E-state index is 0. The van der Waals surface area contributed by atoms with Gasteiger partial charge in [0.2, 0.25) is 0 Å². The molecule has 0 aliphatic rings. The summed E-state index contributed by atoms with van der Waals surface area (Å²) in [6, 6.07) is 0. The molecule has 0 atom stereocenters. The zero-order valence-electron chi connectivity index (χ0n) is 2.95. The van der Waals surface area contributed by atoms with E-state index in [1.54, 1.807) is 0 Å². The van der Waals surface area contributed by atoms with Crippen LogP contribution < -0.4 is 0 Å². The Balaban J connectivity index is 0. The second-order valence-corrected chi connectivity index (χ2v) is 0. The van der Waals surface area contributed by atoms with E-state index in [1.165, 1.54) is 0 Å². The van der Waals surface area contributed by atoms with E-state index in [4.69, 9.17) is 0 Å². The normalized spacial score (nSPS) is 0. The van der Waals surface area contributed by atoms with Gasteiger partial charge in [-0.2, -0.15) is 0 Å². The van der Waals surface area contributed by atoms with E-state index in [0.29, 0.717) is 0 Å². The van der Waals surface area contributed by atoms with E-state index >= 15 is 0 Å². The summed E-state index contributed by atoms with van der Waals surface area (Å²) in [6.45, 7) is 0. The summed E-state index contributed by atoms with van der Waals surface area (Å²) in [4.78, 5) is 0. The molecule has 0 aromatic heterocycles. The first-order valence-corrected chi connectivity index (χ1v) is 0. The average Bonchev–Trinajstić information content (AvgIpc) is 0. The fourth-order valence-corrected chi connectivity index (χ4v) is 0. The average molecular weight is 201 g/mol. The van der Waals surface area contributed by atoms with Crippen molar-refractivity contribution in [2.45, 2.75) is 0 Å². The molecule has 0 unspecified atom stereocenters. The third-order valence-electron chi connectivity index (χ3n) is 0. The quantitative estimate of drug-likeness (QED) is 0.465. The maximum Gasteiger partial charge on any atom is 3.00 e. The van der Waals surface area contributed by atoms with E-state index in [-0.39, 0.29) is 61.8 Å². The van der Waals surface area contributed by atoms with Crippen molar-refractivity contribution in [1.29, 1.82) is 0 Å². The van der Waals surface area contributed by atoms with E-state index < -0.39 is 0 Å². The second-order valence-electron chi connectivity index (χ2n) is 0. The minimum Gasteiger partial charge on any atom is -0.870 e. The second kappa shape index (κ2) is 323. The van der Waals surface area contributed by atoms with Crippen molar-refractivity contribution in [2.24, 2.45) is 0 Å². The van der Waals surface area contributed by atoms with Crippen LogP contribution in [0.1, 0.15) is 0 Å². The predicted molar refractivity (Wildman–Crippen MR) is 9.68 cm³/mol. The van der Waals surface area contributed by atoms with Gasteiger partial charge >= 0.3 is 34.4 Å². The van der Waals surface area contributed by atoms with Gasteiger partial charge in [0.25, 0.3) is 0 Å². The standard InChI is InChI=1S/Cr.Cu.5H2O/h;;5*1H2/q+3;+2;;;;;/p-5. The van der Waals surface area contributed by atoms with Crippen LogP contribution in [0.2, 0.25) is 0 Å². The Labute approximate surface area is 62.2 Å². The monoisotopic (exact) mass is 200 g/mol. The van der Waals surface area contributed by atoms with Gasteiger partial charge in [0.1, 0.15) is 0 Å². The Hall–Kier alpha value is 0.852. The molecule has 5 nitrogen and oxygen atoms in total. The molecule has 7 heteroatoms. The summed E-state index contributed by atoms with van der Waals surface area (Å²) in [5.41, 5.74) is 0. The molecular weight excluding hydrogens is 196 g/mol. The Kier molecular flexibility index (Phi) is 23500. The zero-order chi connectivity index (χ0) is 0. The molecule has 0 aliphatic heterocycles. The number of hydrogen-bond acceptors (Lipinski definition) is 5. The minimum atomic E-state index is 0. The predicted octanol–water partition coefficient (Wildman–Crippen LogP) is -0.889. The van der Waals surface area contributed by atoms with Crippen LogP contribution in [0.15, 0.2) is 0 Å². The summed E-state index contributed by atoms with van der Waals surface area (Å²) in [5.74, 6) is 0. The van der Waals surface area contributed by atoms with Gasteiger partial charge in [-0.15, -0.1) is 0 Å². The van der Waals surface area contributed by atoms with Crippen LogP contribution in [0.3, 0.4) is 0 Å². The molecule has 0 rings (SSSR count). The fourth-order valence-electron chi connectivity index (χ4n) is 0. The topological polar surface area (TPSA) is 150 Å². The van der Waals surface area contributed by atoms with Crippen LogP contribution in [-0.4, -0.2) is 27.4 Å². The van der Waals surface area contributed by atoms with Gasteiger partial charge in [0.15, 0.2) is 0 Å². The van der Waals surface area contributed by atoms with Crippen molar-refractivity contribution >= 4 is 0 Å². The van der Waals surface area contributed by atoms with Crippen molar-refractivity contribution in [3.05, 3.63) is 0 Å². The van der Waals surface area contributed by atoms with Crippen LogP contribution in [0, 0.1) is 0 Å². The van der Waals surface area contributed by atoms with E-state index in [0.717, 1.165) is 0 Å². The first-order valence-electron chi connectivity index (χ1n) is 0. The molecule has 7 heavy (non-hydrogen) atoms. The first kappa shape index (κ1) is 508. The van der Waals surface area contributed by atoms with Crippen LogP contribution >= 0.6 is 0 Å². The van der Waals surface area contributed by atoms with E-state index in [9.17, 15) is 0 Å². The van der Waals surface area contributed by atoms with Crippen molar-refractivity contribution in [1.82, 2.24) is 0 Å². The van der Waals surface area contributed by atoms with Crippen molar-refractivity contribution in [3.63, 3.8) is 0 Å². The molecule has 0 heterocycles. The minimum absolute atomic E-state index is 0. The summed E-state index contributed by atoms with van der Waals surface area (Å²) in [6.07, 6.45) is 0. The van der Waals surface area contributed by atoms with Gasteiger partial charge < -0.3 is 27.4 Å². The van der Waals surface area contributed by atoms with Crippen LogP contribution in [0.4, 0.5) is 0 Å². The largest absolute Gasteiger partial charge is 3.00 e. The Bertz CT molecular complexity index is 8.04. The summed E-state index contributed by atoms with van der Waals surface area (Å²) >= 11 is 0. The maximum absolute atomic E-state index is 0. The Morgan fingerprint density at radius 1 is 0.429 bits per heavy atom. The molecule has 2 radical (unpaired) electrons. The summed E-state index contributed by atoms with van der Waals surface area (Å²) in [7, 11) is 0. The van der Waals surface area contributed by atoms with Gasteiger partial charge in [-0.3, -0.25) is 0 Å². The molecule has 5 N–H and O–H groups in total. The third-order valence-corrected chi connectivity index (χ3v) is 0. The zero-order valence-corrected chi connectivity index (χ0v) is 5.16. The molecule has 52 valence electrons. The van der Waals surface area contributed by atoms with E-state index in [2.05, 4.69) is 0 Å². The smallest absolute Gasteiger partial charge is 0.870 e. The molecule has 0 spiro atoms. The molecule has 0 fully saturated rings. The van der Waals surface area contributed by atoms with Gasteiger partial charge in [0, 0.05) is 0 Å². The molecule has 0 aliphatic carbocycles. The number of hydrogen-bond donors (Lipinski definition) is 0. The van der Waals surface area contributed by atoms with Crippen LogP contribution in [-0.2, 0) is 34.4 Å². The van der Waals surface area contributed by atoms with Crippen LogP contribution in [0.5, 0.6) is 0 Å². The first-order chi connectivity index (χ1) is 0. The molecule has 0 saturated carbocycles. The van der Waals surface area contributed by atoms with Gasteiger partial charge in [-0.25, -0.2) is 0 Å². The molecule has 0 amide bonds. The van der Waals surface area contributed by atoms with Crippen molar-refractivity contribution < 1.29 is 61.8 Å². The summed E-state index contributed by atoms with van der Waals surface area (Å²) in [5, 5.41) is 0. The van der Waals surface area contributed by atoms with Crippen molar-refractivity contribution in [2.75, 3.05) is 0 Å².